The second-order valence-electron chi connectivity index (χ2n) is 9.91. The maximum atomic E-state index is 12.6. The van der Waals surface area contributed by atoms with Gasteiger partial charge in [0.05, 0.1) is 13.1 Å². The molecule has 2 rings (SSSR count). The summed E-state index contributed by atoms with van der Waals surface area (Å²) in [6.07, 6.45) is 13.0. The number of nitrogens with zero attached hydrogens (tertiary/aromatic N) is 4. The van der Waals surface area contributed by atoms with E-state index in [4.69, 9.17) is 0 Å². The summed E-state index contributed by atoms with van der Waals surface area (Å²) in [6, 6.07) is 5.96. The molecule has 0 saturated carbocycles. The largest absolute Gasteiger partial charge is 0.330 e. The van der Waals surface area contributed by atoms with Gasteiger partial charge in [0.15, 0.2) is 5.82 Å². The highest BCUT2D eigenvalue weighted by molar-refractivity contribution is 5.91. The minimum Gasteiger partial charge on any atom is -0.330 e. The number of amides is 2. The van der Waals surface area contributed by atoms with Gasteiger partial charge in [-0.15, -0.1) is 10.2 Å². The first-order valence-corrected chi connectivity index (χ1v) is 13.4. The molecule has 0 atom stereocenters. The summed E-state index contributed by atoms with van der Waals surface area (Å²) in [5.41, 5.74) is 3.19. The van der Waals surface area contributed by atoms with Crippen molar-refractivity contribution >= 4 is 11.7 Å². The third-order valence-electron chi connectivity index (χ3n) is 6.22. The fourth-order valence-electron chi connectivity index (χ4n) is 4.20. The summed E-state index contributed by atoms with van der Waals surface area (Å²) in [5.74, 6) is 1.17. The Morgan fingerprint density at radius 3 is 2.00 bits per heavy atom. The molecule has 0 aliphatic heterocycles. The molecule has 0 aliphatic rings. The number of aromatic nitrogens is 4. The fraction of sp³-hybridized carbons (Fsp3) is 0.704. The number of carbonyl (C=O) groups is 1. The highest BCUT2D eigenvalue weighted by atomic mass is 16.2. The molecule has 0 fully saturated rings. The number of para-hydroxylation sites is 1. The van der Waals surface area contributed by atoms with Crippen LogP contribution in [0.25, 0.3) is 0 Å². The van der Waals surface area contributed by atoms with E-state index < -0.39 is 0 Å². The molecule has 1 aromatic carbocycles. The minimum absolute atomic E-state index is 0.249. The lowest BCUT2D eigenvalue weighted by Gasteiger charge is -2.20. The molecule has 2 aromatic rings. The standard InChI is InChI=1S/C27H46N6O/c1-6-7-8-9-10-11-12-13-14-15-19-33-31-25(30-32-33)20-28-27(34)29-26-23(21(2)3)17-16-18-24(26)22(4)5/h16-18,21-22H,6-15,19-20H2,1-5H3,(H2,28,29,34). The van der Waals surface area contributed by atoms with Crippen molar-refractivity contribution in [3.05, 3.63) is 35.2 Å². The van der Waals surface area contributed by atoms with E-state index >= 15 is 0 Å². The van der Waals surface area contributed by atoms with Crippen LogP contribution in [-0.4, -0.2) is 26.2 Å². The molecule has 0 spiro atoms. The number of unbranched alkanes of at least 4 members (excludes halogenated alkanes) is 9. The van der Waals surface area contributed by atoms with Gasteiger partial charge in [-0.2, -0.15) is 4.80 Å². The van der Waals surface area contributed by atoms with Crippen LogP contribution in [0.3, 0.4) is 0 Å². The third-order valence-corrected chi connectivity index (χ3v) is 6.22. The molecule has 0 bridgehead atoms. The molecular weight excluding hydrogens is 424 g/mol. The summed E-state index contributed by atoms with van der Waals surface area (Å²) in [5, 5.41) is 18.6. The monoisotopic (exact) mass is 470 g/mol. The number of hydrogen-bond acceptors (Lipinski definition) is 4. The van der Waals surface area contributed by atoms with Gasteiger partial charge in [-0.05, 0) is 34.6 Å². The van der Waals surface area contributed by atoms with Crippen LogP contribution in [0.15, 0.2) is 18.2 Å². The first-order valence-electron chi connectivity index (χ1n) is 13.4. The number of tetrazole rings is 1. The summed E-state index contributed by atoms with van der Waals surface area (Å²) in [7, 11) is 0. The van der Waals surface area contributed by atoms with Crippen molar-refractivity contribution in [2.24, 2.45) is 0 Å². The maximum absolute atomic E-state index is 12.6. The van der Waals surface area contributed by atoms with Gasteiger partial charge in [0.1, 0.15) is 0 Å². The molecule has 7 heteroatoms. The average Bonchev–Trinajstić information content (AvgIpc) is 3.26. The number of anilines is 1. The van der Waals surface area contributed by atoms with Crippen molar-refractivity contribution in [3.63, 3.8) is 0 Å². The Bertz CT molecular complexity index is 819. The first kappa shape index (κ1) is 27.8. The zero-order valence-electron chi connectivity index (χ0n) is 22.1. The third kappa shape index (κ3) is 9.82. The Kier molecular flexibility index (Phi) is 12.6. The summed E-state index contributed by atoms with van der Waals surface area (Å²) in [4.78, 5) is 14.3. The maximum Gasteiger partial charge on any atom is 0.319 e. The number of carbonyl (C=O) groups excluding carboxylic acids is 1. The SMILES string of the molecule is CCCCCCCCCCCCn1nnc(CNC(=O)Nc2c(C(C)C)cccc2C(C)C)n1. The number of urea groups is 1. The number of hydrogen-bond donors (Lipinski definition) is 2. The molecule has 190 valence electrons. The Hall–Kier alpha value is -2.44. The Balaban J connectivity index is 1.70. The van der Waals surface area contributed by atoms with Crippen molar-refractivity contribution in [3.8, 4) is 0 Å². The van der Waals surface area contributed by atoms with E-state index in [1.165, 1.54) is 57.8 Å². The Labute approximate surface area is 206 Å². The number of rotatable bonds is 16. The number of nitrogens with one attached hydrogen (secondary N) is 2. The number of benzene rings is 1. The van der Waals surface area contributed by atoms with E-state index in [9.17, 15) is 4.79 Å². The van der Waals surface area contributed by atoms with E-state index in [1.807, 2.05) is 0 Å². The van der Waals surface area contributed by atoms with Gasteiger partial charge in [0.2, 0.25) is 0 Å². The van der Waals surface area contributed by atoms with Gasteiger partial charge in [-0.3, -0.25) is 0 Å². The predicted molar refractivity (Wildman–Crippen MR) is 140 cm³/mol. The van der Waals surface area contributed by atoms with Crippen LogP contribution >= 0.6 is 0 Å². The van der Waals surface area contributed by atoms with Crippen molar-refractivity contribution in [1.29, 1.82) is 0 Å². The first-order chi connectivity index (χ1) is 16.4. The Morgan fingerprint density at radius 1 is 0.882 bits per heavy atom. The second kappa shape index (κ2) is 15.5. The van der Waals surface area contributed by atoms with Gasteiger partial charge in [0, 0.05) is 5.69 Å². The number of aryl methyl sites for hydroxylation is 1. The summed E-state index contributed by atoms with van der Waals surface area (Å²) < 4.78 is 0. The molecule has 2 N–H and O–H groups in total. The molecule has 34 heavy (non-hydrogen) atoms. The van der Waals surface area contributed by atoms with Gasteiger partial charge in [-0.1, -0.05) is 111 Å². The lowest BCUT2D eigenvalue weighted by Crippen LogP contribution is -2.29. The molecule has 0 unspecified atom stereocenters. The second-order valence-corrected chi connectivity index (χ2v) is 9.91. The van der Waals surface area contributed by atoms with Crippen LogP contribution < -0.4 is 10.6 Å². The van der Waals surface area contributed by atoms with Crippen LogP contribution in [-0.2, 0) is 13.1 Å². The fourth-order valence-corrected chi connectivity index (χ4v) is 4.20. The molecule has 1 heterocycles. The van der Waals surface area contributed by atoms with Gasteiger partial charge in [-0.25, -0.2) is 4.79 Å². The van der Waals surface area contributed by atoms with Crippen LogP contribution in [0.2, 0.25) is 0 Å². The lowest BCUT2D eigenvalue weighted by molar-refractivity contribution is 0.251. The highest BCUT2D eigenvalue weighted by Crippen LogP contribution is 2.32. The van der Waals surface area contributed by atoms with Gasteiger partial charge in [0.25, 0.3) is 0 Å². The summed E-state index contributed by atoms with van der Waals surface area (Å²) >= 11 is 0. The molecule has 0 saturated heterocycles. The van der Waals surface area contributed by atoms with Gasteiger partial charge < -0.3 is 10.6 Å². The van der Waals surface area contributed by atoms with E-state index in [-0.39, 0.29) is 12.6 Å². The van der Waals surface area contributed by atoms with Crippen molar-refractivity contribution in [1.82, 2.24) is 25.5 Å². The normalized spacial score (nSPS) is 11.4. The van der Waals surface area contributed by atoms with Gasteiger partial charge >= 0.3 is 6.03 Å². The lowest BCUT2D eigenvalue weighted by atomic mass is 9.93. The Morgan fingerprint density at radius 2 is 1.44 bits per heavy atom. The highest BCUT2D eigenvalue weighted by Gasteiger charge is 2.16. The molecule has 1 aromatic heterocycles. The van der Waals surface area contributed by atoms with Crippen LogP contribution in [0.4, 0.5) is 10.5 Å². The van der Waals surface area contributed by atoms with E-state index in [0.717, 1.165) is 29.8 Å². The summed E-state index contributed by atoms with van der Waals surface area (Å²) in [6.45, 7) is 11.8. The predicted octanol–water partition coefficient (Wildman–Crippen LogP) is 7.16. The van der Waals surface area contributed by atoms with Crippen LogP contribution in [0, 0.1) is 0 Å². The van der Waals surface area contributed by atoms with Crippen molar-refractivity contribution in [2.45, 2.75) is 124 Å². The molecule has 2 amide bonds. The molecule has 0 radical (unpaired) electrons. The topological polar surface area (TPSA) is 84.7 Å². The molecule has 7 nitrogen and oxygen atoms in total. The van der Waals surface area contributed by atoms with Crippen LogP contribution in [0.1, 0.15) is 128 Å². The van der Waals surface area contributed by atoms with Crippen LogP contribution in [0.5, 0.6) is 0 Å². The van der Waals surface area contributed by atoms with Crippen molar-refractivity contribution in [2.75, 3.05) is 5.32 Å². The average molecular weight is 471 g/mol. The van der Waals surface area contributed by atoms with E-state index in [2.05, 4.69) is 78.9 Å². The smallest absolute Gasteiger partial charge is 0.319 e. The minimum atomic E-state index is -0.249. The van der Waals surface area contributed by atoms with E-state index in [1.54, 1.807) is 4.80 Å². The molecular formula is C27H46N6O. The zero-order chi connectivity index (χ0) is 24.8. The van der Waals surface area contributed by atoms with Crippen molar-refractivity contribution < 1.29 is 4.79 Å². The van der Waals surface area contributed by atoms with E-state index in [0.29, 0.717) is 17.7 Å². The molecule has 0 aliphatic carbocycles. The zero-order valence-corrected chi connectivity index (χ0v) is 22.1. The quantitative estimate of drug-likeness (QED) is 0.255.